The average Bonchev–Trinajstić information content (AvgIpc) is 2.80. The van der Waals surface area contributed by atoms with Crippen molar-refractivity contribution in [2.45, 2.75) is 0 Å². The van der Waals surface area contributed by atoms with Gasteiger partial charge in [0.25, 0.3) is 5.91 Å². The van der Waals surface area contributed by atoms with Crippen LogP contribution in [0.25, 0.3) is 6.08 Å². The fraction of sp³-hybridized carbons (Fsp3) is 0.0833. The lowest BCUT2D eigenvalue weighted by Gasteiger charge is -2.13. The molecule has 0 bridgehead atoms. The van der Waals surface area contributed by atoms with Gasteiger partial charge in [-0.2, -0.15) is 0 Å². The van der Waals surface area contributed by atoms with Crippen LogP contribution in [0.3, 0.4) is 0 Å². The van der Waals surface area contributed by atoms with Gasteiger partial charge in [-0.3, -0.25) is 4.79 Å². The van der Waals surface area contributed by atoms with Crippen molar-refractivity contribution in [1.82, 2.24) is 5.32 Å². The molecule has 0 atom stereocenters. The van der Waals surface area contributed by atoms with E-state index >= 15 is 0 Å². The summed E-state index contributed by atoms with van der Waals surface area (Å²) in [6.07, 6.45) is 1.35. The third-order valence-electron chi connectivity index (χ3n) is 4.39. The minimum Gasteiger partial charge on any atom is -0.496 e. The van der Waals surface area contributed by atoms with Crippen LogP contribution in [0.2, 0.25) is 0 Å². The summed E-state index contributed by atoms with van der Waals surface area (Å²) >= 11 is 3.42. The lowest BCUT2D eigenvalue weighted by Crippen LogP contribution is -2.28. The van der Waals surface area contributed by atoms with Crippen LogP contribution in [0.4, 0.5) is 0 Å². The van der Waals surface area contributed by atoms with Crippen molar-refractivity contribution in [3.05, 3.63) is 88.0 Å². The van der Waals surface area contributed by atoms with Gasteiger partial charge < -0.3 is 24.6 Å². The van der Waals surface area contributed by atoms with Crippen LogP contribution >= 0.6 is 15.9 Å². The van der Waals surface area contributed by atoms with E-state index in [0.717, 1.165) is 4.47 Å². The molecule has 2 N–H and O–H groups in total. The zero-order chi connectivity index (χ0) is 23.1. The van der Waals surface area contributed by atoms with E-state index in [-0.39, 0.29) is 22.8 Å². The number of carboxylic acids is 1. The van der Waals surface area contributed by atoms with E-state index in [4.69, 9.17) is 14.2 Å². The first-order chi connectivity index (χ1) is 15.4. The summed E-state index contributed by atoms with van der Waals surface area (Å²) in [5, 5.41) is 12.0. The van der Waals surface area contributed by atoms with Gasteiger partial charge in [-0.15, -0.1) is 0 Å². The molecule has 0 aromatic heterocycles. The molecule has 3 aromatic carbocycles. The summed E-state index contributed by atoms with van der Waals surface area (Å²) in [6, 6.07) is 19.0. The van der Waals surface area contributed by atoms with E-state index < -0.39 is 11.9 Å². The molecular formula is C24H20BrNO6. The van der Waals surface area contributed by atoms with Gasteiger partial charge in [0.1, 0.15) is 34.3 Å². The van der Waals surface area contributed by atoms with Crippen molar-refractivity contribution in [3.8, 4) is 23.0 Å². The maximum absolute atomic E-state index is 12.8. The van der Waals surface area contributed by atoms with E-state index in [2.05, 4.69) is 21.2 Å². The number of para-hydroxylation sites is 1. The standard InChI is InChI=1S/C24H20BrNO6/c1-30-20-8-5-9-21(31-2)22(20)23(27)26-18(24(28)29)14-15-10-12-16(13-11-15)32-19-7-4-3-6-17(19)25/h3-14H,1-2H3,(H,26,27)(H,28,29)/b18-14-. The maximum atomic E-state index is 12.8. The highest BCUT2D eigenvalue weighted by atomic mass is 79.9. The molecule has 7 nitrogen and oxygen atoms in total. The number of amides is 1. The second-order valence-electron chi connectivity index (χ2n) is 6.46. The number of benzene rings is 3. The number of rotatable bonds is 8. The number of ether oxygens (including phenoxy) is 3. The van der Waals surface area contributed by atoms with E-state index in [0.29, 0.717) is 17.1 Å². The zero-order valence-electron chi connectivity index (χ0n) is 17.3. The second kappa shape index (κ2) is 10.5. The lowest BCUT2D eigenvalue weighted by molar-refractivity contribution is -0.132. The van der Waals surface area contributed by atoms with Crippen LogP contribution in [0.5, 0.6) is 23.0 Å². The van der Waals surface area contributed by atoms with Crippen LogP contribution in [-0.4, -0.2) is 31.2 Å². The van der Waals surface area contributed by atoms with E-state index in [1.807, 2.05) is 24.3 Å². The second-order valence-corrected chi connectivity index (χ2v) is 7.31. The Hall–Kier alpha value is -3.78. The summed E-state index contributed by atoms with van der Waals surface area (Å²) in [6.45, 7) is 0. The highest BCUT2D eigenvalue weighted by molar-refractivity contribution is 9.10. The van der Waals surface area contributed by atoms with Crippen molar-refractivity contribution in [1.29, 1.82) is 0 Å². The molecule has 3 rings (SSSR count). The Balaban J connectivity index is 1.82. The SMILES string of the molecule is COc1cccc(OC)c1C(=O)N/C(=C\c1ccc(Oc2ccccc2Br)cc1)C(=O)O. The van der Waals surface area contributed by atoms with Gasteiger partial charge >= 0.3 is 5.97 Å². The topological polar surface area (TPSA) is 94.1 Å². The fourth-order valence-corrected chi connectivity index (χ4v) is 3.23. The first kappa shape index (κ1) is 22.9. The summed E-state index contributed by atoms with van der Waals surface area (Å²) < 4.78 is 17.0. The predicted molar refractivity (Wildman–Crippen MR) is 123 cm³/mol. The van der Waals surface area contributed by atoms with Gasteiger partial charge in [0.15, 0.2) is 0 Å². The number of halogens is 1. The minimum absolute atomic E-state index is 0.0989. The molecule has 32 heavy (non-hydrogen) atoms. The number of carbonyl (C=O) groups excluding carboxylic acids is 1. The van der Waals surface area contributed by atoms with E-state index in [1.54, 1.807) is 42.5 Å². The highest BCUT2D eigenvalue weighted by Gasteiger charge is 2.21. The Kier molecular flexibility index (Phi) is 7.51. The Morgan fingerprint density at radius 1 is 0.875 bits per heavy atom. The maximum Gasteiger partial charge on any atom is 0.352 e. The van der Waals surface area contributed by atoms with Crippen molar-refractivity contribution >= 4 is 33.9 Å². The van der Waals surface area contributed by atoms with Crippen molar-refractivity contribution in [2.75, 3.05) is 14.2 Å². The molecule has 3 aromatic rings. The third-order valence-corrected chi connectivity index (χ3v) is 5.04. The molecule has 0 saturated heterocycles. The molecule has 0 radical (unpaired) electrons. The van der Waals surface area contributed by atoms with Gasteiger partial charge in [0.2, 0.25) is 0 Å². The first-order valence-corrected chi connectivity index (χ1v) is 10.2. The molecule has 0 spiro atoms. The number of methoxy groups -OCH3 is 2. The van der Waals surface area contributed by atoms with Gasteiger partial charge in [-0.1, -0.05) is 30.3 Å². The molecule has 164 valence electrons. The molecule has 0 heterocycles. The first-order valence-electron chi connectivity index (χ1n) is 9.42. The number of carboxylic acid groups (broad SMARTS) is 1. The van der Waals surface area contributed by atoms with Gasteiger partial charge in [-0.25, -0.2) is 4.79 Å². The summed E-state index contributed by atoms with van der Waals surface area (Å²) in [4.78, 5) is 24.5. The highest BCUT2D eigenvalue weighted by Crippen LogP contribution is 2.30. The fourth-order valence-electron chi connectivity index (χ4n) is 2.86. The smallest absolute Gasteiger partial charge is 0.352 e. The van der Waals surface area contributed by atoms with Gasteiger partial charge in [0, 0.05) is 0 Å². The molecule has 0 aliphatic rings. The normalized spacial score (nSPS) is 10.9. The largest absolute Gasteiger partial charge is 0.496 e. The molecule has 8 heteroatoms. The summed E-state index contributed by atoms with van der Waals surface area (Å²) in [5.74, 6) is -0.198. The van der Waals surface area contributed by atoms with Crippen LogP contribution in [0, 0.1) is 0 Å². The number of hydrogen-bond acceptors (Lipinski definition) is 5. The molecule has 1 amide bonds. The average molecular weight is 498 g/mol. The molecule has 0 fully saturated rings. The van der Waals surface area contributed by atoms with Gasteiger partial charge in [-0.05, 0) is 64.0 Å². The van der Waals surface area contributed by atoms with Crippen molar-refractivity contribution < 1.29 is 28.9 Å². The predicted octanol–water partition coefficient (Wildman–Crippen LogP) is 5.11. The third kappa shape index (κ3) is 5.47. The molecule has 0 unspecified atom stereocenters. The minimum atomic E-state index is -1.29. The summed E-state index contributed by atoms with van der Waals surface area (Å²) in [5.41, 5.74) is 0.360. The Morgan fingerprint density at radius 3 is 2.03 bits per heavy atom. The zero-order valence-corrected chi connectivity index (χ0v) is 18.9. The van der Waals surface area contributed by atoms with E-state index in [1.165, 1.54) is 20.3 Å². The Morgan fingerprint density at radius 2 is 1.47 bits per heavy atom. The van der Waals surface area contributed by atoms with Crippen molar-refractivity contribution in [2.24, 2.45) is 0 Å². The monoisotopic (exact) mass is 497 g/mol. The summed E-state index contributed by atoms with van der Waals surface area (Å²) in [7, 11) is 2.83. The molecular weight excluding hydrogens is 478 g/mol. The van der Waals surface area contributed by atoms with Crippen LogP contribution in [0.1, 0.15) is 15.9 Å². The number of carbonyl (C=O) groups is 2. The lowest BCUT2D eigenvalue weighted by atomic mass is 10.1. The quantitative estimate of drug-likeness (QED) is 0.419. The van der Waals surface area contributed by atoms with Crippen LogP contribution < -0.4 is 19.5 Å². The Bertz CT molecular complexity index is 1140. The van der Waals surface area contributed by atoms with Crippen LogP contribution in [-0.2, 0) is 4.79 Å². The Labute approximate surface area is 193 Å². The van der Waals surface area contributed by atoms with E-state index in [9.17, 15) is 14.7 Å². The molecule has 0 saturated carbocycles. The number of hydrogen-bond donors (Lipinski definition) is 2. The van der Waals surface area contributed by atoms with Gasteiger partial charge in [0.05, 0.1) is 18.7 Å². The molecule has 0 aliphatic heterocycles. The number of aliphatic carboxylic acids is 1. The molecule has 0 aliphatic carbocycles. The van der Waals surface area contributed by atoms with Crippen LogP contribution in [0.15, 0.2) is 76.9 Å². The number of nitrogens with one attached hydrogen (secondary N) is 1. The van der Waals surface area contributed by atoms with Crippen molar-refractivity contribution in [3.63, 3.8) is 0 Å².